The summed E-state index contributed by atoms with van der Waals surface area (Å²) in [6, 6.07) is 0.557. The van der Waals surface area contributed by atoms with Gasteiger partial charge in [0.2, 0.25) is 0 Å². The third kappa shape index (κ3) is 1.91. The molecule has 80 valence electrons. The molecule has 2 aliphatic rings. The van der Waals surface area contributed by atoms with Gasteiger partial charge >= 0.3 is 5.97 Å². The first kappa shape index (κ1) is 9.93. The minimum Gasteiger partial charge on any atom is -0.481 e. The second-order valence-corrected chi connectivity index (χ2v) is 4.60. The molecule has 2 N–H and O–H groups in total. The molecule has 0 radical (unpaired) electrons. The van der Waals surface area contributed by atoms with Crippen LogP contribution in [0.2, 0.25) is 0 Å². The number of fused-ring (bicyclic) bond motifs is 1. The molecule has 3 unspecified atom stereocenters. The van der Waals surface area contributed by atoms with Gasteiger partial charge in [-0.2, -0.15) is 0 Å². The maximum atomic E-state index is 10.9. The average molecular weight is 198 g/mol. The summed E-state index contributed by atoms with van der Waals surface area (Å²) in [5.41, 5.74) is 0. The Hall–Kier alpha value is -0.610. The highest BCUT2D eigenvalue weighted by Crippen LogP contribution is 2.27. The number of carboxylic acid groups (broad SMARTS) is 1. The molecule has 14 heavy (non-hydrogen) atoms. The van der Waals surface area contributed by atoms with E-state index in [0.29, 0.717) is 18.5 Å². The molecule has 4 nitrogen and oxygen atoms in total. The van der Waals surface area contributed by atoms with Crippen molar-refractivity contribution in [1.82, 2.24) is 10.2 Å². The van der Waals surface area contributed by atoms with E-state index in [9.17, 15) is 4.79 Å². The van der Waals surface area contributed by atoms with Crippen LogP contribution in [-0.2, 0) is 4.79 Å². The summed E-state index contributed by atoms with van der Waals surface area (Å²) in [4.78, 5) is 13.2. The van der Waals surface area contributed by atoms with Crippen molar-refractivity contribution >= 4 is 5.97 Å². The summed E-state index contributed by atoms with van der Waals surface area (Å²) in [6.07, 6.45) is 2.00. The molecule has 0 aromatic heterocycles. The van der Waals surface area contributed by atoms with Crippen LogP contribution in [-0.4, -0.2) is 48.7 Å². The number of likely N-dealkylation sites (tertiary alicyclic amines) is 1. The van der Waals surface area contributed by atoms with Gasteiger partial charge < -0.3 is 15.3 Å². The van der Waals surface area contributed by atoms with Crippen molar-refractivity contribution in [3.8, 4) is 0 Å². The molecular weight excluding hydrogens is 180 g/mol. The van der Waals surface area contributed by atoms with Gasteiger partial charge in [-0.1, -0.05) is 0 Å². The molecule has 3 atom stereocenters. The number of aliphatic carboxylic acids is 1. The predicted octanol–water partition coefficient (Wildman–Crippen LogP) is 0.000800. The highest BCUT2D eigenvalue weighted by Gasteiger charge is 2.35. The third-order valence-corrected chi connectivity index (χ3v) is 3.50. The first-order valence-electron chi connectivity index (χ1n) is 5.31. The van der Waals surface area contributed by atoms with Crippen molar-refractivity contribution in [1.29, 1.82) is 0 Å². The van der Waals surface area contributed by atoms with Crippen molar-refractivity contribution in [2.75, 3.05) is 26.7 Å². The Labute approximate surface area is 84.3 Å². The molecule has 2 heterocycles. The minimum atomic E-state index is -0.649. The van der Waals surface area contributed by atoms with Gasteiger partial charge in [-0.25, -0.2) is 0 Å². The summed E-state index contributed by atoms with van der Waals surface area (Å²) in [6.45, 7) is 2.83. The average Bonchev–Trinajstić information content (AvgIpc) is 2.16. The number of nitrogens with one attached hydrogen (secondary N) is 1. The summed E-state index contributed by atoms with van der Waals surface area (Å²) >= 11 is 0. The lowest BCUT2D eigenvalue weighted by molar-refractivity contribution is -0.143. The Morgan fingerprint density at radius 3 is 3.07 bits per heavy atom. The van der Waals surface area contributed by atoms with Crippen LogP contribution in [0.5, 0.6) is 0 Å². The largest absolute Gasteiger partial charge is 0.481 e. The number of nitrogens with zero attached hydrogens (tertiary/aromatic N) is 1. The summed E-state index contributed by atoms with van der Waals surface area (Å²) in [5, 5.41) is 12.3. The topological polar surface area (TPSA) is 52.6 Å². The van der Waals surface area contributed by atoms with Crippen LogP contribution in [0.15, 0.2) is 0 Å². The smallest absolute Gasteiger partial charge is 0.307 e. The van der Waals surface area contributed by atoms with Crippen LogP contribution in [0.1, 0.15) is 12.8 Å². The zero-order valence-electron chi connectivity index (χ0n) is 8.57. The number of carbonyl (C=O) groups is 1. The van der Waals surface area contributed by atoms with Crippen LogP contribution in [0.4, 0.5) is 0 Å². The molecule has 0 aromatic rings. The maximum Gasteiger partial charge on any atom is 0.307 e. The number of rotatable bonds is 1. The van der Waals surface area contributed by atoms with Crippen LogP contribution in [0, 0.1) is 11.8 Å². The SMILES string of the molecule is CN1CCC2NCC(C(=O)O)CC2C1. The summed E-state index contributed by atoms with van der Waals surface area (Å²) in [5.74, 6) is -0.296. The second-order valence-electron chi connectivity index (χ2n) is 4.60. The number of piperidine rings is 2. The van der Waals surface area contributed by atoms with Crippen LogP contribution < -0.4 is 5.32 Å². The molecule has 2 aliphatic heterocycles. The Bertz CT molecular complexity index is 232. The lowest BCUT2D eigenvalue weighted by Gasteiger charge is -2.42. The van der Waals surface area contributed by atoms with E-state index in [1.54, 1.807) is 0 Å². The molecule has 0 spiro atoms. The van der Waals surface area contributed by atoms with Crippen molar-refractivity contribution in [2.45, 2.75) is 18.9 Å². The van der Waals surface area contributed by atoms with E-state index in [4.69, 9.17) is 5.11 Å². The maximum absolute atomic E-state index is 10.9. The highest BCUT2D eigenvalue weighted by molar-refractivity contribution is 5.70. The van der Waals surface area contributed by atoms with Gasteiger partial charge in [0.1, 0.15) is 0 Å². The summed E-state index contributed by atoms with van der Waals surface area (Å²) in [7, 11) is 2.11. The molecule has 0 aliphatic carbocycles. The van der Waals surface area contributed by atoms with Crippen molar-refractivity contribution in [3.63, 3.8) is 0 Å². The van der Waals surface area contributed by atoms with Gasteiger partial charge in [0.15, 0.2) is 0 Å². The van der Waals surface area contributed by atoms with Crippen LogP contribution >= 0.6 is 0 Å². The first-order valence-corrected chi connectivity index (χ1v) is 5.31. The third-order valence-electron chi connectivity index (χ3n) is 3.50. The highest BCUT2D eigenvalue weighted by atomic mass is 16.4. The van der Waals surface area contributed by atoms with Crippen molar-refractivity contribution < 1.29 is 9.90 Å². The van der Waals surface area contributed by atoms with Crippen molar-refractivity contribution in [2.24, 2.45) is 11.8 Å². The zero-order chi connectivity index (χ0) is 10.1. The Balaban J connectivity index is 1.96. The minimum absolute atomic E-state index is 0.178. The van der Waals surface area contributed by atoms with Crippen molar-refractivity contribution in [3.05, 3.63) is 0 Å². The van der Waals surface area contributed by atoms with Gasteiger partial charge in [0.25, 0.3) is 0 Å². The lowest BCUT2D eigenvalue weighted by atomic mass is 9.81. The first-order chi connectivity index (χ1) is 6.66. The quantitative estimate of drug-likeness (QED) is 0.623. The standard InChI is InChI=1S/C10H18N2O2/c1-12-3-2-9-8(6-12)4-7(5-11-9)10(13)14/h7-9,11H,2-6H2,1H3,(H,13,14). The molecule has 0 aromatic carbocycles. The van der Waals surface area contributed by atoms with Crippen LogP contribution in [0.25, 0.3) is 0 Å². The van der Waals surface area contributed by atoms with Gasteiger partial charge in [-0.05, 0) is 32.4 Å². The molecule has 0 bridgehead atoms. The van der Waals surface area contributed by atoms with E-state index < -0.39 is 5.97 Å². The number of hydrogen-bond acceptors (Lipinski definition) is 3. The van der Waals surface area contributed by atoms with Crippen LogP contribution in [0.3, 0.4) is 0 Å². The van der Waals surface area contributed by atoms with Gasteiger partial charge in [0, 0.05) is 19.1 Å². The molecule has 2 saturated heterocycles. The normalized spacial score (nSPS) is 39.1. The van der Waals surface area contributed by atoms with Gasteiger partial charge in [0.05, 0.1) is 5.92 Å². The summed E-state index contributed by atoms with van der Waals surface area (Å²) < 4.78 is 0. The molecule has 0 saturated carbocycles. The molecular formula is C10H18N2O2. The molecule has 4 heteroatoms. The Morgan fingerprint density at radius 2 is 2.36 bits per heavy atom. The lowest BCUT2D eigenvalue weighted by Crippen LogP contribution is -2.54. The van der Waals surface area contributed by atoms with E-state index in [-0.39, 0.29) is 5.92 Å². The van der Waals surface area contributed by atoms with E-state index in [0.717, 1.165) is 25.9 Å². The molecule has 2 fully saturated rings. The fourth-order valence-corrected chi connectivity index (χ4v) is 2.65. The fourth-order valence-electron chi connectivity index (χ4n) is 2.65. The Kier molecular flexibility index (Phi) is 2.74. The Morgan fingerprint density at radius 1 is 1.57 bits per heavy atom. The zero-order valence-corrected chi connectivity index (χ0v) is 8.57. The molecule has 2 rings (SSSR count). The van der Waals surface area contributed by atoms with E-state index in [1.165, 1.54) is 0 Å². The monoisotopic (exact) mass is 198 g/mol. The second kappa shape index (κ2) is 3.87. The number of carboxylic acids is 1. The predicted molar refractivity (Wildman–Crippen MR) is 53.1 cm³/mol. The van der Waals surface area contributed by atoms with Gasteiger partial charge in [-0.15, -0.1) is 0 Å². The van der Waals surface area contributed by atoms with E-state index in [2.05, 4.69) is 17.3 Å². The van der Waals surface area contributed by atoms with Gasteiger partial charge in [-0.3, -0.25) is 4.79 Å². The fraction of sp³-hybridized carbons (Fsp3) is 0.900. The number of hydrogen-bond donors (Lipinski definition) is 2. The van der Waals surface area contributed by atoms with E-state index in [1.807, 2.05) is 0 Å². The molecule has 0 amide bonds. The van der Waals surface area contributed by atoms with E-state index >= 15 is 0 Å².